The van der Waals surface area contributed by atoms with E-state index in [1.807, 2.05) is 0 Å². The second kappa shape index (κ2) is 4.61. The zero-order valence-electron chi connectivity index (χ0n) is 10.0. The van der Waals surface area contributed by atoms with Crippen molar-refractivity contribution in [3.05, 3.63) is 12.2 Å². The van der Waals surface area contributed by atoms with Crippen molar-refractivity contribution in [2.45, 2.75) is 50.7 Å². The van der Waals surface area contributed by atoms with Crippen molar-refractivity contribution in [1.29, 1.82) is 0 Å². The third kappa shape index (κ3) is 2.14. The second-order valence-electron chi connectivity index (χ2n) is 4.84. The minimum atomic E-state index is -1.71. The molecule has 4 heteroatoms. The molecule has 0 aromatic rings. The van der Waals surface area contributed by atoms with Crippen molar-refractivity contribution < 1.29 is 19.4 Å². The van der Waals surface area contributed by atoms with Gasteiger partial charge in [0.1, 0.15) is 11.9 Å². The quantitative estimate of drug-likeness (QED) is 0.446. The summed E-state index contributed by atoms with van der Waals surface area (Å²) in [5, 5.41) is 10.2. The second-order valence-corrected chi connectivity index (χ2v) is 4.84. The normalized spacial score (nSPS) is 34.8. The fourth-order valence-electron chi connectivity index (χ4n) is 2.49. The van der Waals surface area contributed by atoms with Crippen LogP contribution < -0.4 is 0 Å². The lowest BCUT2D eigenvalue weighted by Gasteiger charge is -2.41. The number of hydrogen-bond acceptors (Lipinski definition) is 4. The Labute approximate surface area is 101 Å². The summed E-state index contributed by atoms with van der Waals surface area (Å²) in [5.74, 6) is -1.31. The number of aliphatic hydroxyl groups is 1. The molecular formula is C13H18O4. The van der Waals surface area contributed by atoms with E-state index in [1.165, 1.54) is 6.08 Å². The number of ether oxygens (including phenoxy) is 1. The van der Waals surface area contributed by atoms with E-state index >= 15 is 0 Å². The highest BCUT2D eigenvalue weighted by atomic mass is 16.6. The SMILES string of the molecule is CCCCCC(=O)C1CC2C=CC1(O)C(=O)O2. The fourth-order valence-corrected chi connectivity index (χ4v) is 2.49. The molecule has 94 valence electrons. The zero-order chi connectivity index (χ0) is 12.5. The van der Waals surface area contributed by atoms with E-state index in [-0.39, 0.29) is 11.9 Å². The molecule has 0 amide bonds. The third-order valence-corrected chi connectivity index (χ3v) is 3.57. The standard InChI is InChI=1S/C13H18O4/c1-2-3-4-5-11(14)10-8-9-6-7-13(10,16)12(15)17-9/h6-7,9-10,16H,2-5,8H2,1H3. The van der Waals surface area contributed by atoms with Crippen molar-refractivity contribution in [2.24, 2.45) is 5.92 Å². The highest BCUT2D eigenvalue weighted by molar-refractivity contribution is 5.94. The number of Topliss-reactive ketones (excluding diaryl/α,β-unsaturated/α-hetero) is 1. The maximum absolute atomic E-state index is 12.0. The highest BCUT2D eigenvalue weighted by Gasteiger charge is 2.54. The minimum absolute atomic E-state index is 0.0213. The predicted octanol–water partition coefficient (Wildman–Crippen LogP) is 1.37. The average Bonchev–Trinajstić information content (AvgIpc) is 2.30. The summed E-state index contributed by atoms with van der Waals surface area (Å²) in [5.41, 5.74) is -1.71. The van der Waals surface area contributed by atoms with Gasteiger partial charge in [0, 0.05) is 12.8 Å². The van der Waals surface area contributed by atoms with Gasteiger partial charge in [-0.05, 0) is 18.6 Å². The molecule has 1 aliphatic carbocycles. The van der Waals surface area contributed by atoms with Crippen LogP contribution in [0.5, 0.6) is 0 Å². The Morgan fingerprint density at radius 1 is 1.59 bits per heavy atom. The number of ketones is 1. The van der Waals surface area contributed by atoms with Crippen molar-refractivity contribution in [1.82, 2.24) is 0 Å². The summed E-state index contributed by atoms with van der Waals surface area (Å²) in [7, 11) is 0. The Morgan fingerprint density at radius 3 is 3.00 bits per heavy atom. The molecular weight excluding hydrogens is 220 g/mol. The molecule has 17 heavy (non-hydrogen) atoms. The van der Waals surface area contributed by atoms with Crippen LogP contribution in [0, 0.1) is 5.92 Å². The predicted molar refractivity (Wildman–Crippen MR) is 61.2 cm³/mol. The first-order chi connectivity index (χ1) is 8.08. The topological polar surface area (TPSA) is 63.6 Å². The van der Waals surface area contributed by atoms with Gasteiger partial charge in [-0.25, -0.2) is 4.79 Å². The first-order valence-electron chi connectivity index (χ1n) is 6.23. The Hall–Kier alpha value is -1.16. The molecule has 0 radical (unpaired) electrons. The number of fused-ring (bicyclic) bond motifs is 2. The molecule has 1 saturated heterocycles. The van der Waals surface area contributed by atoms with Crippen molar-refractivity contribution in [3.63, 3.8) is 0 Å². The van der Waals surface area contributed by atoms with E-state index in [9.17, 15) is 14.7 Å². The first kappa shape index (κ1) is 12.3. The van der Waals surface area contributed by atoms with E-state index in [1.54, 1.807) is 6.08 Å². The lowest BCUT2D eigenvalue weighted by Crippen LogP contribution is -2.57. The van der Waals surface area contributed by atoms with Crippen LogP contribution in [0.3, 0.4) is 0 Å². The Morgan fingerprint density at radius 2 is 2.35 bits per heavy atom. The summed E-state index contributed by atoms with van der Waals surface area (Å²) in [6.45, 7) is 2.07. The van der Waals surface area contributed by atoms with Gasteiger partial charge in [-0.15, -0.1) is 0 Å². The molecule has 0 aromatic heterocycles. The molecule has 3 aliphatic rings. The van der Waals surface area contributed by atoms with Gasteiger partial charge in [-0.3, -0.25) is 4.79 Å². The molecule has 1 N–H and O–H groups in total. The molecule has 0 aromatic carbocycles. The van der Waals surface area contributed by atoms with Gasteiger partial charge in [0.25, 0.3) is 0 Å². The number of rotatable bonds is 5. The van der Waals surface area contributed by atoms with Crippen LogP contribution in [0.2, 0.25) is 0 Å². The summed E-state index contributed by atoms with van der Waals surface area (Å²) >= 11 is 0. The summed E-state index contributed by atoms with van der Waals surface area (Å²) in [6.07, 6.45) is 6.49. The first-order valence-corrected chi connectivity index (χ1v) is 6.23. The maximum atomic E-state index is 12.0. The van der Waals surface area contributed by atoms with Crippen molar-refractivity contribution >= 4 is 11.8 Å². The lowest BCUT2D eigenvalue weighted by atomic mass is 9.73. The highest BCUT2D eigenvalue weighted by Crippen LogP contribution is 2.38. The number of esters is 1. The van der Waals surface area contributed by atoms with E-state index in [0.29, 0.717) is 12.8 Å². The molecule has 2 aliphatic heterocycles. The minimum Gasteiger partial charge on any atom is -0.456 e. The van der Waals surface area contributed by atoms with E-state index in [0.717, 1.165) is 19.3 Å². The van der Waals surface area contributed by atoms with Crippen LogP contribution in [0.15, 0.2) is 12.2 Å². The zero-order valence-corrected chi connectivity index (χ0v) is 10.0. The summed E-state index contributed by atoms with van der Waals surface area (Å²) in [6, 6.07) is 0. The molecule has 2 heterocycles. The van der Waals surface area contributed by atoms with E-state index in [4.69, 9.17) is 4.74 Å². The summed E-state index contributed by atoms with van der Waals surface area (Å²) in [4.78, 5) is 23.6. The molecule has 2 bridgehead atoms. The summed E-state index contributed by atoms with van der Waals surface area (Å²) < 4.78 is 4.97. The van der Waals surface area contributed by atoms with E-state index in [2.05, 4.69) is 6.92 Å². The van der Waals surface area contributed by atoms with Crippen molar-refractivity contribution in [3.8, 4) is 0 Å². The number of hydrogen-bond donors (Lipinski definition) is 1. The Kier molecular flexibility index (Phi) is 3.33. The van der Waals surface area contributed by atoms with Crippen LogP contribution in [-0.4, -0.2) is 28.6 Å². The van der Waals surface area contributed by atoms with Crippen molar-refractivity contribution in [2.75, 3.05) is 0 Å². The lowest BCUT2D eigenvalue weighted by molar-refractivity contribution is -0.186. The van der Waals surface area contributed by atoms with Gasteiger partial charge in [0.15, 0.2) is 5.60 Å². The average molecular weight is 238 g/mol. The van der Waals surface area contributed by atoms with Crippen LogP contribution in [0.1, 0.15) is 39.0 Å². The van der Waals surface area contributed by atoms with Crippen LogP contribution >= 0.6 is 0 Å². The largest absolute Gasteiger partial charge is 0.456 e. The van der Waals surface area contributed by atoms with Crippen LogP contribution in [0.4, 0.5) is 0 Å². The molecule has 3 atom stereocenters. The fraction of sp³-hybridized carbons (Fsp3) is 0.692. The Bertz CT molecular complexity index is 360. The van der Waals surface area contributed by atoms with Crippen LogP contribution in [-0.2, 0) is 14.3 Å². The smallest absolute Gasteiger partial charge is 0.343 e. The van der Waals surface area contributed by atoms with Gasteiger partial charge in [-0.1, -0.05) is 19.8 Å². The number of unbranched alkanes of at least 4 members (excludes halogenated alkanes) is 2. The Balaban J connectivity index is 2.05. The molecule has 4 nitrogen and oxygen atoms in total. The van der Waals surface area contributed by atoms with Gasteiger partial charge < -0.3 is 9.84 Å². The molecule has 3 unspecified atom stereocenters. The van der Waals surface area contributed by atoms with Gasteiger partial charge in [0.2, 0.25) is 0 Å². The third-order valence-electron chi connectivity index (χ3n) is 3.57. The number of carbonyl (C=O) groups is 2. The monoisotopic (exact) mass is 238 g/mol. The van der Waals surface area contributed by atoms with Gasteiger partial charge in [-0.2, -0.15) is 0 Å². The van der Waals surface area contributed by atoms with E-state index < -0.39 is 17.5 Å². The van der Waals surface area contributed by atoms with Gasteiger partial charge in [0.05, 0.1) is 5.92 Å². The molecule has 1 fully saturated rings. The molecule has 3 rings (SSSR count). The number of carbonyl (C=O) groups excluding carboxylic acids is 2. The molecule has 0 spiro atoms. The van der Waals surface area contributed by atoms with Crippen LogP contribution in [0.25, 0.3) is 0 Å². The molecule has 0 saturated carbocycles. The maximum Gasteiger partial charge on any atom is 0.343 e. The van der Waals surface area contributed by atoms with Gasteiger partial charge >= 0.3 is 5.97 Å².